The van der Waals surface area contributed by atoms with Gasteiger partial charge in [-0.3, -0.25) is 4.79 Å². The lowest BCUT2D eigenvalue weighted by molar-refractivity contribution is -0.121. The van der Waals surface area contributed by atoms with Crippen LogP contribution in [0.3, 0.4) is 0 Å². The maximum absolute atomic E-state index is 11.6. The Labute approximate surface area is 126 Å². The smallest absolute Gasteiger partial charge is 0.374 e. The maximum atomic E-state index is 11.6. The van der Waals surface area contributed by atoms with Crippen LogP contribution in [0.1, 0.15) is 34.5 Å². The van der Waals surface area contributed by atoms with Crippen molar-refractivity contribution in [2.75, 3.05) is 0 Å². The van der Waals surface area contributed by atoms with E-state index in [-0.39, 0.29) is 18.3 Å². The number of ether oxygens (including phenoxy) is 1. The van der Waals surface area contributed by atoms with Crippen LogP contribution in [0.25, 0.3) is 0 Å². The predicted octanol–water partition coefficient (Wildman–Crippen LogP) is 2.25. The Bertz CT molecular complexity index is 702. The third-order valence-corrected chi connectivity index (χ3v) is 3.28. The second-order valence-corrected chi connectivity index (χ2v) is 4.84. The van der Waals surface area contributed by atoms with E-state index < -0.39 is 5.97 Å². The summed E-state index contributed by atoms with van der Waals surface area (Å²) >= 11 is 0. The molecule has 1 amide bonds. The lowest BCUT2D eigenvalue weighted by Gasteiger charge is -2.12. The van der Waals surface area contributed by atoms with Crippen molar-refractivity contribution in [3.63, 3.8) is 0 Å². The summed E-state index contributed by atoms with van der Waals surface area (Å²) < 4.78 is 10.1. The molecule has 1 aromatic heterocycles. The molecular formula is C16H14N2O4. The van der Waals surface area contributed by atoms with Crippen molar-refractivity contribution >= 4 is 17.6 Å². The Morgan fingerprint density at radius 2 is 2.05 bits per heavy atom. The monoisotopic (exact) mass is 298 g/mol. The zero-order chi connectivity index (χ0) is 15.4. The number of hydrazone groups is 1. The van der Waals surface area contributed by atoms with Crippen molar-refractivity contribution in [1.82, 2.24) is 5.43 Å². The third-order valence-electron chi connectivity index (χ3n) is 3.28. The number of carbonyl (C=O) groups excluding carboxylic acids is 2. The number of furan rings is 1. The molecule has 1 N–H and O–H groups in total. The summed E-state index contributed by atoms with van der Waals surface area (Å²) in [5.74, 6) is -0.373. The summed E-state index contributed by atoms with van der Waals surface area (Å²) in [7, 11) is 0. The van der Waals surface area contributed by atoms with Gasteiger partial charge < -0.3 is 9.15 Å². The molecule has 0 aliphatic carbocycles. The molecule has 1 aliphatic rings. The molecule has 3 rings (SSSR count). The van der Waals surface area contributed by atoms with Gasteiger partial charge in [-0.15, -0.1) is 0 Å². The fraction of sp³-hybridized carbons (Fsp3) is 0.188. The first-order valence-corrected chi connectivity index (χ1v) is 6.88. The van der Waals surface area contributed by atoms with E-state index in [0.29, 0.717) is 12.8 Å². The summed E-state index contributed by atoms with van der Waals surface area (Å²) in [4.78, 5) is 22.7. The van der Waals surface area contributed by atoms with Crippen LogP contribution in [0.5, 0.6) is 0 Å². The number of hydrogen-bond acceptors (Lipinski definition) is 5. The summed E-state index contributed by atoms with van der Waals surface area (Å²) in [6.07, 6.45) is 2.50. The minimum absolute atomic E-state index is 0.0646. The van der Waals surface area contributed by atoms with Gasteiger partial charge in [0.25, 0.3) is 0 Å². The first kappa shape index (κ1) is 14.1. The molecule has 0 fully saturated rings. The highest BCUT2D eigenvalue weighted by Gasteiger charge is 2.13. The molecule has 0 unspecified atom stereocenters. The van der Waals surface area contributed by atoms with Crippen LogP contribution in [0.15, 0.2) is 52.2 Å². The van der Waals surface area contributed by atoms with Gasteiger partial charge in [-0.2, -0.15) is 5.10 Å². The quantitative estimate of drug-likeness (QED) is 0.878. The Balaban J connectivity index is 1.60. The average Bonchev–Trinajstić information content (AvgIpc) is 3.08. The molecular weight excluding hydrogens is 284 g/mol. The van der Waals surface area contributed by atoms with E-state index in [1.807, 2.05) is 24.3 Å². The highest BCUT2D eigenvalue weighted by molar-refractivity contribution is 6.04. The molecule has 2 heterocycles. The van der Waals surface area contributed by atoms with E-state index in [9.17, 15) is 9.59 Å². The lowest BCUT2D eigenvalue weighted by atomic mass is 10.0. The topological polar surface area (TPSA) is 80.9 Å². The zero-order valence-electron chi connectivity index (χ0n) is 11.7. The summed E-state index contributed by atoms with van der Waals surface area (Å²) in [5, 5.41) is 4.04. The molecule has 0 saturated heterocycles. The number of carbonyl (C=O) groups is 2. The summed E-state index contributed by atoms with van der Waals surface area (Å²) in [6.45, 7) is 0.170. The van der Waals surface area contributed by atoms with Crippen LogP contribution < -0.4 is 5.43 Å². The second kappa shape index (κ2) is 6.26. The van der Waals surface area contributed by atoms with E-state index in [1.54, 1.807) is 12.1 Å². The van der Waals surface area contributed by atoms with Gasteiger partial charge in [-0.05, 0) is 23.3 Å². The fourth-order valence-electron chi connectivity index (χ4n) is 2.09. The summed E-state index contributed by atoms with van der Waals surface area (Å²) in [5.41, 5.74) is 5.13. The van der Waals surface area contributed by atoms with Crippen LogP contribution in [0.4, 0.5) is 0 Å². The minimum atomic E-state index is -0.492. The Morgan fingerprint density at radius 1 is 1.23 bits per heavy atom. The largest absolute Gasteiger partial charge is 0.457 e. The first-order valence-electron chi connectivity index (χ1n) is 6.88. The molecule has 1 aromatic carbocycles. The van der Waals surface area contributed by atoms with Crippen LogP contribution in [-0.2, 0) is 16.1 Å². The van der Waals surface area contributed by atoms with Gasteiger partial charge >= 0.3 is 5.97 Å². The molecule has 6 heteroatoms. The maximum Gasteiger partial charge on any atom is 0.374 e. The van der Waals surface area contributed by atoms with Gasteiger partial charge in [0.05, 0.1) is 12.0 Å². The van der Waals surface area contributed by atoms with Gasteiger partial charge in [0.15, 0.2) is 0 Å². The van der Waals surface area contributed by atoms with Crippen LogP contribution in [-0.4, -0.2) is 17.6 Å². The van der Waals surface area contributed by atoms with Crippen molar-refractivity contribution in [1.29, 1.82) is 0 Å². The number of amides is 1. The van der Waals surface area contributed by atoms with Gasteiger partial charge in [-0.25, -0.2) is 10.2 Å². The molecule has 0 atom stereocenters. The molecule has 2 aromatic rings. The highest BCUT2D eigenvalue weighted by atomic mass is 16.5. The van der Waals surface area contributed by atoms with E-state index in [4.69, 9.17) is 9.15 Å². The Hall–Kier alpha value is -2.89. The van der Waals surface area contributed by atoms with Crippen LogP contribution >= 0.6 is 0 Å². The van der Waals surface area contributed by atoms with E-state index in [1.165, 1.54) is 6.26 Å². The SMILES string of the molecule is O=C1CCC(c2ccc(COC(=O)c3ccco3)cc2)=NN1. The van der Waals surface area contributed by atoms with Crippen molar-refractivity contribution in [2.45, 2.75) is 19.4 Å². The third kappa shape index (κ3) is 3.22. The predicted molar refractivity (Wildman–Crippen MR) is 78.2 cm³/mol. The minimum Gasteiger partial charge on any atom is -0.457 e. The zero-order valence-corrected chi connectivity index (χ0v) is 11.7. The number of rotatable bonds is 4. The molecule has 0 saturated carbocycles. The molecule has 1 aliphatic heterocycles. The van der Waals surface area contributed by atoms with E-state index >= 15 is 0 Å². The average molecular weight is 298 g/mol. The number of nitrogens with one attached hydrogen (secondary N) is 1. The normalized spacial score (nSPS) is 14.2. The van der Waals surface area contributed by atoms with E-state index in [0.717, 1.165) is 16.8 Å². The van der Waals surface area contributed by atoms with Crippen LogP contribution in [0.2, 0.25) is 0 Å². The number of hydrogen-bond donors (Lipinski definition) is 1. The molecule has 22 heavy (non-hydrogen) atoms. The van der Waals surface area contributed by atoms with Crippen LogP contribution in [0, 0.1) is 0 Å². The van der Waals surface area contributed by atoms with Crippen molar-refractivity contribution in [2.24, 2.45) is 5.10 Å². The Kier molecular flexibility index (Phi) is 4.00. The van der Waals surface area contributed by atoms with Crippen molar-refractivity contribution in [3.8, 4) is 0 Å². The number of esters is 1. The van der Waals surface area contributed by atoms with Gasteiger partial charge in [0.1, 0.15) is 6.61 Å². The molecule has 6 nitrogen and oxygen atoms in total. The Morgan fingerprint density at radius 3 is 2.68 bits per heavy atom. The lowest BCUT2D eigenvalue weighted by Crippen LogP contribution is -2.25. The number of benzene rings is 1. The van der Waals surface area contributed by atoms with Gasteiger partial charge in [0.2, 0.25) is 11.7 Å². The van der Waals surface area contributed by atoms with E-state index in [2.05, 4.69) is 10.5 Å². The van der Waals surface area contributed by atoms with Crippen molar-refractivity contribution < 1.29 is 18.7 Å². The van der Waals surface area contributed by atoms with Crippen molar-refractivity contribution in [3.05, 3.63) is 59.5 Å². The van der Waals surface area contributed by atoms with Gasteiger partial charge in [0, 0.05) is 12.8 Å². The highest BCUT2D eigenvalue weighted by Crippen LogP contribution is 2.13. The molecule has 112 valence electrons. The standard InChI is InChI=1S/C16H14N2O4/c19-15-8-7-13(17-18-15)12-5-3-11(4-6-12)10-22-16(20)14-2-1-9-21-14/h1-6,9H,7-8,10H2,(H,18,19). The molecule has 0 radical (unpaired) electrons. The second-order valence-electron chi connectivity index (χ2n) is 4.84. The molecule has 0 spiro atoms. The first-order chi connectivity index (χ1) is 10.7. The summed E-state index contributed by atoms with van der Waals surface area (Å²) in [6, 6.07) is 10.7. The number of nitrogens with zero attached hydrogens (tertiary/aromatic N) is 1. The van der Waals surface area contributed by atoms with Gasteiger partial charge in [-0.1, -0.05) is 24.3 Å². The fourth-order valence-corrected chi connectivity index (χ4v) is 2.09. The molecule has 0 bridgehead atoms.